The molecule has 0 bridgehead atoms. The highest BCUT2D eigenvalue weighted by molar-refractivity contribution is 7.65. The van der Waals surface area contributed by atoms with Crippen molar-refractivity contribution in [2.24, 2.45) is 0 Å². The lowest BCUT2D eigenvalue weighted by Crippen LogP contribution is -2.50. The van der Waals surface area contributed by atoms with E-state index in [2.05, 4.69) is 116 Å². The molecule has 21 nitrogen and oxygen atoms in total. The van der Waals surface area contributed by atoms with Gasteiger partial charge in [-0.15, -0.1) is 0 Å². The molecule has 2 aromatic rings. The van der Waals surface area contributed by atoms with Gasteiger partial charge in [-0.25, -0.2) is 23.6 Å². The number of aliphatic hydroxyl groups is 2. The fraction of sp³-hybridized carbons (Fsp3) is 0.921. The third-order valence-electron chi connectivity index (χ3n) is 16.6. The van der Waals surface area contributed by atoms with E-state index in [0.29, 0.717) is 6.42 Å². The van der Waals surface area contributed by atoms with Crippen LogP contribution >= 0.6 is 23.5 Å². The van der Waals surface area contributed by atoms with Crippen LogP contribution < -0.4 is 20.4 Å². The Morgan fingerprint density at radius 3 is 1.08 bits per heavy atom. The van der Waals surface area contributed by atoms with Gasteiger partial charge in [-0.3, -0.25) is 18.3 Å². The summed E-state index contributed by atoms with van der Waals surface area (Å²) in [5.74, 6) is 0.0364. The second-order valence-corrected chi connectivity index (χ2v) is 28.9. The second-order valence-electron chi connectivity index (χ2n) is 24.4. The Kier molecular flexibility index (Phi) is 48.3. The lowest BCUT2D eigenvalue weighted by atomic mass is 10.1. The molecule has 0 spiro atoms. The van der Waals surface area contributed by atoms with Crippen molar-refractivity contribution in [2.75, 3.05) is 97.5 Å². The molecule has 0 amide bonds. The molecule has 516 valence electrons. The summed E-state index contributed by atoms with van der Waals surface area (Å²) in [6, 6.07) is 0. The largest absolute Gasteiger partial charge is 0.756 e. The van der Waals surface area contributed by atoms with Crippen molar-refractivity contribution in [3.8, 4) is 0 Å². The number of nitrogens with two attached hydrogens (primary N) is 1. The molecule has 1 aliphatic rings. The number of unbranched alkanes of at least 4 members (excludes halogenated alkanes) is 14. The van der Waals surface area contributed by atoms with Gasteiger partial charge in [0.1, 0.15) is 30.2 Å². The van der Waals surface area contributed by atoms with Gasteiger partial charge in [0.2, 0.25) is 0 Å². The molecule has 1 aliphatic heterocycles. The number of hydrogen-bond donors (Lipinski definition) is 3. The van der Waals surface area contributed by atoms with E-state index >= 15 is 0 Å². The Hall–Kier alpha value is -1.48. The molecule has 87 heavy (non-hydrogen) atoms. The smallest absolute Gasteiger partial charge is 0.280 e. The molecule has 3 heterocycles. The molecule has 7 atom stereocenters. The SMILES string of the molecule is CCCCCOP(=O)([O-])OP(=O)([O-])OP(=O)([O-])OC[C@H]1O[C@@H](n2cnc3c(N)ncnc32)[C@H](O)[C@@H]1O.CCCC[N+](CCCC)(CCCC)CCCC.CCCC[N+](CCCC)(CCCC)CCCC.CCCC[N+](CCCC)(CCCC)CCCC. The number of nitrogen functional groups attached to an aromatic ring is 1. The topological polar surface area (TPSA) is 277 Å². The third-order valence-corrected chi connectivity index (χ3v) is 20.8. The van der Waals surface area contributed by atoms with Gasteiger partial charge in [0.05, 0.1) is 98.1 Å². The molecule has 4 N–H and O–H groups in total. The highest BCUT2D eigenvalue weighted by Gasteiger charge is 2.45. The van der Waals surface area contributed by atoms with Crippen LogP contribution in [0.2, 0.25) is 0 Å². The predicted octanol–water partition coefficient (Wildman–Crippen LogP) is 13.7. The highest BCUT2D eigenvalue weighted by Crippen LogP contribution is 2.63. The number of phosphoric acid groups is 3. The normalized spacial score (nSPS) is 18.4. The van der Waals surface area contributed by atoms with Gasteiger partial charge in [-0.1, -0.05) is 180 Å². The molecular formula is C63H131N8O13P3. The number of ether oxygens (including phenoxy) is 1. The summed E-state index contributed by atoms with van der Waals surface area (Å²) in [7, 11) is -17.2. The number of nitrogens with zero attached hydrogens (tertiary/aromatic N) is 7. The number of anilines is 1. The van der Waals surface area contributed by atoms with E-state index in [-0.39, 0.29) is 30.0 Å². The van der Waals surface area contributed by atoms with E-state index in [1.807, 2.05) is 6.92 Å². The summed E-state index contributed by atoms with van der Waals surface area (Å²) in [4.78, 5) is 47.0. The Morgan fingerprint density at radius 1 is 0.460 bits per heavy atom. The van der Waals surface area contributed by atoms with Crippen molar-refractivity contribution in [1.29, 1.82) is 0 Å². The lowest BCUT2D eigenvalue weighted by molar-refractivity contribution is -0.929. The van der Waals surface area contributed by atoms with Crippen LogP contribution in [0.3, 0.4) is 0 Å². The molecule has 3 unspecified atom stereocenters. The average molecular weight is 1300 g/mol. The number of imidazole rings is 1. The van der Waals surface area contributed by atoms with Crippen LogP contribution in [0.25, 0.3) is 11.2 Å². The van der Waals surface area contributed by atoms with E-state index in [1.54, 1.807) is 0 Å². The Morgan fingerprint density at radius 2 is 0.770 bits per heavy atom. The Labute approximate surface area is 530 Å². The molecule has 0 aliphatic carbocycles. The zero-order chi connectivity index (χ0) is 65.7. The maximum Gasteiger partial charge on any atom is 0.280 e. The van der Waals surface area contributed by atoms with Crippen LogP contribution in [-0.2, 0) is 36.1 Å². The number of hydrogen-bond acceptors (Lipinski definition) is 17. The quantitative estimate of drug-likeness (QED) is 0.0315. The maximum atomic E-state index is 12.0. The molecule has 24 heteroatoms. The number of aliphatic hydroxyl groups excluding tert-OH is 2. The lowest BCUT2D eigenvalue weighted by Gasteiger charge is -2.39. The minimum absolute atomic E-state index is 0.0364. The summed E-state index contributed by atoms with van der Waals surface area (Å²) < 4.78 is 62.4. The first kappa shape index (κ1) is 85.5. The molecular weight excluding hydrogens is 1170 g/mol. The monoisotopic (exact) mass is 1300 g/mol. The molecule has 1 saturated heterocycles. The number of aromatic nitrogens is 4. The standard InChI is InChI=1S/3C16H36N.C15H26N5O13P3/c3*1-5-9-13-17(14-10-6-2,15-11-7-3)16-12-8-4;1-2-3-4-5-29-34(23,24)32-36(27,28)33-35(25,26)30-6-9-11(21)12(22)15(31-9)20-8-19-10-13(16)17-7-18-14(10)20/h3*5-16H2,1-4H3;7-9,11-12,15,21-22H,2-6H2,1H3,(H,23,24)(H,25,26)(H,27,28)(H2,16,17,18)/q3*+1;/p-3/t;;;9-,11-,12-,15-/m...1/s1. The molecule has 2 aromatic heterocycles. The van der Waals surface area contributed by atoms with E-state index in [9.17, 15) is 38.6 Å². The number of rotatable bonds is 49. The van der Waals surface area contributed by atoms with Gasteiger partial charge in [0, 0.05) is 0 Å². The van der Waals surface area contributed by atoms with Crippen molar-refractivity contribution >= 4 is 40.4 Å². The minimum Gasteiger partial charge on any atom is -0.756 e. The van der Waals surface area contributed by atoms with Crippen molar-refractivity contribution in [3.05, 3.63) is 12.7 Å². The minimum atomic E-state index is -6.01. The van der Waals surface area contributed by atoms with Crippen molar-refractivity contribution in [2.45, 2.75) is 288 Å². The second kappa shape index (κ2) is 49.2. The average Bonchev–Trinajstić information content (AvgIpc) is 1.76. The summed E-state index contributed by atoms with van der Waals surface area (Å²) in [5.41, 5.74) is 6.01. The number of phosphoric ester groups is 2. The third kappa shape index (κ3) is 36.0. The van der Waals surface area contributed by atoms with Crippen molar-refractivity contribution in [1.82, 2.24) is 19.5 Å². The summed E-state index contributed by atoms with van der Waals surface area (Å²) in [6.07, 6.45) is 31.0. The molecule has 0 radical (unpaired) electrons. The molecule has 3 rings (SSSR count). The van der Waals surface area contributed by atoms with Crippen molar-refractivity contribution < 1.29 is 74.4 Å². The van der Waals surface area contributed by atoms with Crippen molar-refractivity contribution in [3.63, 3.8) is 0 Å². The van der Waals surface area contributed by atoms with Crippen LogP contribution in [0.5, 0.6) is 0 Å². The molecule has 1 fully saturated rings. The van der Waals surface area contributed by atoms with Gasteiger partial charge in [-0.2, -0.15) is 0 Å². The molecule has 0 aromatic carbocycles. The van der Waals surface area contributed by atoms with Crippen LogP contribution in [0.4, 0.5) is 5.82 Å². The number of quaternary nitrogens is 3. The van der Waals surface area contributed by atoms with Gasteiger partial charge in [0.25, 0.3) is 23.5 Å². The fourth-order valence-electron chi connectivity index (χ4n) is 11.1. The summed E-state index contributed by atoms with van der Waals surface area (Å²) >= 11 is 0. The first-order valence-corrected chi connectivity index (χ1v) is 39.0. The van der Waals surface area contributed by atoms with Gasteiger partial charge in [0.15, 0.2) is 17.7 Å². The van der Waals surface area contributed by atoms with Crippen LogP contribution in [0.15, 0.2) is 12.7 Å². The zero-order valence-electron chi connectivity index (χ0n) is 57.4. The first-order chi connectivity index (χ1) is 41.5. The van der Waals surface area contributed by atoms with E-state index in [4.69, 9.17) is 10.5 Å². The summed E-state index contributed by atoms with van der Waals surface area (Å²) in [6.45, 7) is 45.5. The predicted molar refractivity (Wildman–Crippen MR) is 350 cm³/mol. The van der Waals surface area contributed by atoms with Crippen LogP contribution in [0, 0.1) is 0 Å². The highest BCUT2D eigenvalue weighted by atomic mass is 31.3. The number of fused-ring (bicyclic) bond motifs is 1. The Balaban J connectivity index is 0.00000123. The maximum absolute atomic E-state index is 12.0. The van der Waals surface area contributed by atoms with Crippen LogP contribution in [0.1, 0.15) is 270 Å². The van der Waals surface area contributed by atoms with Crippen LogP contribution in [-0.4, -0.2) is 153 Å². The zero-order valence-corrected chi connectivity index (χ0v) is 60.1. The summed E-state index contributed by atoms with van der Waals surface area (Å²) in [5, 5.41) is 20.6. The van der Waals surface area contributed by atoms with E-state index in [0.717, 1.165) is 12.7 Å². The van der Waals surface area contributed by atoms with E-state index < -0.39 is 54.6 Å². The van der Waals surface area contributed by atoms with Gasteiger partial charge < -0.3 is 57.9 Å². The van der Waals surface area contributed by atoms with E-state index in [1.165, 1.54) is 257 Å². The first-order valence-electron chi connectivity index (χ1n) is 34.6. The molecule has 0 saturated carbocycles. The Bertz CT molecular complexity index is 1930. The van der Waals surface area contributed by atoms with Gasteiger partial charge in [-0.05, 0) is 83.5 Å². The fourth-order valence-corrected chi connectivity index (χ4v) is 14.5. The van der Waals surface area contributed by atoms with Gasteiger partial charge >= 0.3 is 0 Å².